The Labute approximate surface area is 295 Å². The van der Waals surface area contributed by atoms with Gasteiger partial charge in [-0.3, -0.25) is 0 Å². The monoisotopic (exact) mass is 650 g/mol. The zero-order valence-corrected chi connectivity index (χ0v) is 27.6. The summed E-state index contributed by atoms with van der Waals surface area (Å²) in [6, 6.07) is 64.1. The Balaban J connectivity index is 1.25. The van der Waals surface area contributed by atoms with Crippen molar-refractivity contribution in [2.24, 2.45) is 0 Å². The maximum Gasteiger partial charge on any atom is 0.164 e. The van der Waals surface area contributed by atoms with E-state index in [1.54, 1.807) is 0 Å². The van der Waals surface area contributed by atoms with Crippen molar-refractivity contribution in [1.29, 1.82) is 0 Å². The van der Waals surface area contributed by atoms with Gasteiger partial charge in [-0.1, -0.05) is 152 Å². The van der Waals surface area contributed by atoms with Gasteiger partial charge in [-0.2, -0.15) is 0 Å². The van der Waals surface area contributed by atoms with E-state index in [-0.39, 0.29) is 0 Å². The SMILES string of the molecule is c1ccc(-c2nc(-c3ccc(-c4ccccc4)c(-n4c5ccccc5c5cc6ccccc6cc54)c3)nc(-c3ccc4ccccc4c3)n2)cc1. The van der Waals surface area contributed by atoms with E-state index in [9.17, 15) is 0 Å². The molecular weight excluding hydrogens is 621 g/mol. The molecule has 0 atom stereocenters. The van der Waals surface area contributed by atoms with Gasteiger partial charge in [-0.05, 0) is 57.4 Å². The zero-order valence-electron chi connectivity index (χ0n) is 27.6. The molecule has 0 bridgehead atoms. The van der Waals surface area contributed by atoms with Gasteiger partial charge in [0.1, 0.15) is 0 Å². The minimum atomic E-state index is 0.624. The lowest BCUT2D eigenvalue weighted by Gasteiger charge is -2.16. The summed E-state index contributed by atoms with van der Waals surface area (Å²) in [4.78, 5) is 15.3. The van der Waals surface area contributed by atoms with Gasteiger partial charge in [0.2, 0.25) is 0 Å². The molecule has 0 aliphatic carbocycles. The molecular formula is C47H30N4. The minimum Gasteiger partial charge on any atom is -0.309 e. The van der Waals surface area contributed by atoms with Crippen LogP contribution in [-0.2, 0) is 0 Å². The molecule has 2 heterocycles. The van der Waals surface area contributed by atoms with Gasteiger partial charge >= 0.3 is 0 Å². The number of fused-ring (bicyclic) bond motifs is 5. The predicted octanol–water partition coefficient (Wildman–Crippen LogP) is 11.9. The Morgan fingerprint density at radius 3 is 1.57 bits per heavy atom. The third kappa shape index (κ3) is 5.04. The van der Waals surface area contributed by atoms with E-state index >= 15 is 0 Å². The van der Waals surface area contributed by atoms with E-state index in [2.05, 4.69) is 168 Å². The fourth-order valence-electron chi connectivity index (χ4n) is 7.31. The third-order valence-corrected chi connectivity index (χ3v) is 9.80. The average molecular weight is 651 g/mol. The Kier molecular flexibility index (Phi) is 6.78. The van der Waals surface area contributed by atoms with Crippen LogP contribution in [0.2, 0.25) is 0 Å². The second-order valence-corrected chi connectivity index (χ2v) is 12.9. The van der Waals surface area contributed by atoms with Crippen LogP contribution in [0.3, 0.4) is 0 Å². The Hall–Kier alpha value is -6.91. The normalized spacial score (nSPS) is 11.5. The van der Waals surface area contributed by atoms with E-state index in [4.69, 9.17) is 15.0 Å². The van der Waals surface area contributed by atoms with E-state index in [0.29, 0.717) is 17.5 Å². The third-order valence-electron chi connectivity index (χ3n) is 9.80. The summed E-state index contributed by atoms with van der Waals surface area (Å²) < 4.78 is 2.41. The molecule has 0 aliphatic heterocycles. The first-order valence-electron chi connectivity index (χ1n) is 17.2. The summed E-state index contributed by atoms with van der Waals surface area (Å²) >= 11 is 0. The summed E-state index contributed by atoms with van der Waals surface area (Å²) in [7, 11) is 0. The number of hydrogen-bond donors (Lipinski definition) is 0. The molecule has 0 radical (unpaired) electrons. The predicted molar refractivity (Wildman–Crippen MR) is 211 cm³/mol. The molecule has 10 rings (SSSR count). The quantitative estimate of drug-likeness (QED) is 0.186. The molecule has 0 fully saturated rings. The first kappa shape index (κ1) is 29.0. The van der Waals surface area contributed by atoms with Crippen LogP contribution in [0.15, 0.2) is 182 Å². The standard InChI is InChI=1S/C47H30N4/c1-3-14-32(15-4-1)39-26-25-38(30-43(39)51-42-22-12-11-21-40(42)41-28-35-19-9-10-20-36(35)29-44(41)51)47-49-45(33-16-5-2-6-17-33)48-46(50-47)37-24-23-31-13-7-8-18-34(31)27-37/h1-30H. The van der Waals surface area contributed by atoms with Crippen LogP contribution in [0.5, 0.6) is 0 Å². The maximum absolute atomic E-state index is 5.17. The van der Waals surface area contributed by atoms with E-state index in [1.807, 2.05) is 18.2 Å². The summed E-state index contributed by atoms with van der Waals surface area (Å²) in [6.45, 7) is 0. The van der Waals surface area contributed by atoms with Crippen molar-refractivity contribution in [3.8, 4) is 51.0 Å². The van der Waals surface area contributed by atoms with Crippen LogP contribution in [-0.4, -0.2) is 19.5 Å². The van der Waals surface area contributed by atoms with Gasteiger partial charge in [0.05, 0.1) is 16.7 Å². The molecule has 51 heavy (non-hydrogen) atoms. The number of rotatable bonds is 5. The van der Waals surface area contributed by atoms with Crippen molar-refractivity contribution in [2.45, 2.75) is 0 Å². The second-order valence-electron chi connectivity index (χ2n) is 12.9. The highest BCUT2D eigenvalue weighted by molar-refractivity contribution is 6.14. The Morgan fingerprint density at radius 2 is 0.843 bits per heavy atom. The lowest BCUT2D eigenvalue weighted by molar-refractivity contribution is 1.07. The zero-order chi connectivity index (χ0) is 33.7. The number of nitrogens with zero attached hydrogens (tertiary/aromatic N) is 4. The fourth-order valence-corrected chi connectivity index (χ4v) is 7.31. The lowest BCUT2D eigenvalue weighted by Crippen LogP contribution is -2.02. The van der Waals surface area contributed by atoms with Crippen LogP contribution in [0.4, 0.5) is 0 Å². The largest absolute Gasteiger partial charge is 0.309 e. The molecule has 0 unspecified atom stereocenters. The van der Waals surface area contributed by atoms with E-state index < -0.39 is 0 Å². The smallest absolute Gasteiger partial charge is 0.164 e. The van der Waals surface area contributed by atoms with Gasteiger partial charge in [0, 0.05) is 33.0 Å². The minimum absolute atomic E-state index is 0.624. The molecule has 238 valence electrons. The molecule has 0 amide bonds. The van der Waals surface area contributed by atoms with Gasteiger partial charge < -0.3 is 4.57 Å². The molecule has 10 aromatic rings. The van der Waals surface area contributed by atoms with Crippen LogP contribution in [0.25, 0.3) is 94.3 Å². The van der Waals surface area contributed by atoms with Crippen molar-refractivity contribution in [2.75, 3.05) is 0 Å². The average Bonchev–Trinajstić information content (AvgIpc) is 3.53. The number of para-hydroxylation sites is 1. The molecule has 0 N–H and O–H groups in total. The fraction of sp³-hybridized carbons (Fsp3) is 0. The highest BCUT2D eigenvalue weighted by Gasteiger charge is 2.19. The van der Waals surface area contributed by atoms with Crippen molar-refractivity contribution >= 4 is 43.4 Å². The van der Waals surface area contributed by atoms with Crippen LogP contribution >= 0.6 is 0 Å². The van der Waals surface area contributed by atoms with Gasteiger partial charge in [0.15, 0.2) is 17.5 Å². The first-order valence-corrected chi connectivity index (χ1v) is 17.2. The molecule has 4 heteroatoms. The molecule has 0 spiro atoms. The number of benzene rings is 8. The van der Waals surface area contributed by atoms with Crippen LogP contribution in [0.1, 0.15) is 0 Å². The molecule has 0 saturated carbocycles. The van der Waals surface area contributed by atoms with Crippen molar-refractivity contribution in [3.05, 3.63) is 182 Å². The van der Waals surface area contributed by atoms with Gasteiger partial charge in [0.25, 0.3) is 0 Å². The van der Waals surface area contributed by atoms with Crippen molar-refractivity contribution in [3.63, 3.8) is 0 Å². The second kappa shape index (κ2) is 11.9. The Morgan fingerprint density at radius 1 is 0.314 bits per heavy atom. The van der Waals surface area contributed by atoms with Crippen LogP contribution in [0, 0.1) is 0 Å². The molecule has 0 saturated heterocycles. The molecule has 8 aromatic carbocycles. The highest BCUT2D eigenvalue weighted by atomic mass is 15.0. The lowest BCUT2D eigenvalue weighted by atomic mass is 10.0. The topological polar surface area (TPSA) is 43.6 Å². The van der Waals surface area contributed by atoms with Gasteiger partial charge in [-0.15, -0.1) is 0 Å². The maximum atomic E-state index is 5.17. The van der Waals surface area contributed by atoms with E-state index in [0.717, 1.165) is 49.9 Å². The van der Waals surface area contributed by atoms with Crippen molar-refractivity contribution in [1.82, 2.24) is 19.5 Å². The van der Waals surface area contributed by atoms with Crippen molar-refractivity contribution < 1.29 is 0 Å². The Bertz CT molecular complexity index is 2910. The summed E-state index contributed by atoms with van der Waals surface area (Å²) in [5.41, 5.74) is 8.44. The summed E-state index contributed by atoms with van der Waals surface area (Å²) in [6.07, 6.45) is 0. The van der Waals surface area contributed by atoms with E-state index in [1.165, 1.54) is 26.9 Å². The summed E-state index contributed by atoms with van der Waals surface area (Å²) in [5.74, 6) is 1.90. The van der Waals surface area contributed by atoms with Gasteiger partial charge in [-0.25, -0.2) is 15.0 Å². The first-order chi connectivity index (χ1) is 25.3. The number of hydrogen-bond acceptors (Lipinski definition) is 3. The molecule has 2 aromatic heterocycles. The molecule has 0 aliphatic rings. The van der Waals surface area contributed by atoms with Crippen LogP contribution < -0.4 is 0 Å². The highest BCUT2D eigenvalue weighted by Crippen LogP contribution is 2.39. The molecule has 4 nitrogen and oxygen atoms in total. The number of aromatic nitrogens is 4. The summed E-state index contributed by atoms with van der Waals surface area (Å²) in [5, 5.41) is 7.19.